The SMILES string of the molecule is CC(C)(N)C(=O)NC(COCc1ccccc1)C(=O)Nc1cn(C(C)(C(=O)N2CCCC2)c2ccc3ccccc3c2)cn1. The molecule has 44 heavy (non-hydrogen) atoms. The van der Waals surface area contributed by atoms with Crippen molar-refractivity contribution in [2.45, 2.75) is 57.3 Å². The minimum absolute atomic E-state index is 0.0369. The number of likely N-dealkylation sites (tertiary alicyclic amines) is 1. The number of carbonyl (C=O) groups excluding carboxylic acids is 3. The van der Waals surface area contributed by atoms with Gasteiger partial charge < -0.3 is 30.6 Å². The normalized spacial score (nSPS) is 15.5. The van der Waals surface area contributed by atoms with Gasteiger partial charge in [-0.2, -0.15) is 0 Å². The van der Waals surface area contributed by atoms with Crippen LogP contribution < -0.4 is 16.4 Å². The van der Waals surface area contributed by atoms with E-state index in [1.54, 1.807) is 30.9 Å². The molecule has 230 valence electrons. The summed E-state index contributed by atoms with van der Waals surface area (Å²) in [5.74, 6) is -0.804. The van der Waals surface area contributed by atoms with Crippen LogP contribution in [0, 0.1) is 0 Å². The van der Waals surface area contributed by atoms with Gasteiger partial charge in [0.25, 0.3) is 11.8 Å². The minimum atomic E-state index is -1.20. The lowest BCUT2D eigenvalue weighted by molar-refractivity contribution is -0.137. The maximum Gasteiger partial charge on any atom is 0.253 e. The Bertz CT molecular complexity index is 1620. The zero-order valence-electron chi connectivity index (χ0n) is 25.5. The Balaban J connectivity index is 1.39. The quantitative estimate of drug-likeness (QED) is 0.241. The van der Waals surface area contributed by atoms with E-state index in [1.807, 2.05) is 84.6 Å². The van der Waals surface area contributed by atoms with Crippen molar-refractivity contribution in [2.24, 2.45) is 5.73 Å². The zero-order chi connectivity index (χ0) is 31.3. The first-order valence-corrected chi connectivity index (χ1v) is 14.9. The van der Waals surface area contributed by atoms with E-state index in [0.29, 0.717) is 13.1 Å². The van der Waals surface area contributed by atoms with Crippen molar-refractivity contribution in [3.63, 3.8) is 0 Å². The fourth-order valence-electron chi connectivity index (χ4n) is 5.34. The number of imidazole rings is 1. The minimum Gasteiger partial charge on any atom is -0.374 e. The first-order chi connectivity index (χ1) is 21.1. The molecule has 2 heterocycles. The summed E-state index contributed by atoms with van der Waals surface area (Å²) in [5.41, 5.74) is 5.43. The molecule has 0 bridgehead atoms. The van der Waals surface area contributed by atoms with E-state index in [9.17, 15) is 14.4 Å². The Labute approximate surface area is 257 Å². The molecule has 4 aromatic rings. The lowest BCUT2D eigenvalue weighted by Gasteiger charge is -2.34. The van der Waals surface area contributed by atoms with E-state index < -0.39 is 28.9 Å². The molecule has 10 heteroatoms. The number of benzene rings is 3. The molecule has 3 amide bonds. The van der Waals surface area contributed by atoms with Gasteiger partial charge in [-0.25, -0.2) is 4.98 Å². The predicted octanol–water partition coefficient (Wildman–Crippen LogP) is 3.80. The Morgan fingerprint density at radius 1 is 0.955 bits per heavy atom. The van der Waals surface area contributed by atoms with Crippen LogP contribution in [0.5, 0.6) is 0 Å². The number of fused-ring (bicyclic) bond motifs is 1. The summed E-state index contributed by atoms with van der Waals surface area (Å²) >= 11 is 0. The van der Waals surface area contributed by atoms with Crippen LogP contribution in [0.15, 0.2) is 85.3 Å². The van der Waals surface area contributed by atoms with E-state index in [0.717, 1.165) is 34.7 Å². The van der Waals surface area contributed by atoms with Crippen LogP contribution in [0.4, 0.5) is 5.82 Å². The number of aromatic nitrogens is 2. The summed E-state index contributed by atoms with van der Waals surface area (Å²) in [6, 6.07) is 22.5. The van der Waals surface area contributed by atoms with Crippen LogP contribution in [-0.4, -0.2) is 63.4 Å². The average molecular weight is 597 g/mol. The summed E-state index contributed by atoms with van der Waals surface area (Å²) in [6.45, 7) is 6.60. The molecule has 4 N–H and O–H groups in total. The number of ether oxygens (including phenoxy) is 1. The Morgan fingerprint density at radius 3 is 2.34 bits per heavy atom. The third-order valence-corrected chi connectivity index (χ3v) is 8.07. The van der Waals surface area contributed by atoms with Gasteiger partial charge in [0.1, 0.15) is 11.6 Å². The van der Waals surface area contributed by atoms with Gasteiger partial charge in [-0.1, -0.05) is 66.7 Å². The first kappa shape index (κ1) is 30.9. The molecule has 5 rings (SSSR count). The van der Waals surface area contributed by atoms with Crippen LogP contribution in [-0.2, 0) is 31.3 Å². The van der Waals surface area contributed by atoms with E-state index in [-0.39, 0.29) is 24.9 Å². The topological polar surface area (TPSA) is 132 Å². The molecule has 0 radical (unpaired) electrons. The van der Waals surface area contributed by atoms with Gasteiger partial charge in [-0.05, 0) is 61.6 Å². The van der Waals surface area contributed by atoms with E-state index in [1.165, 1.54) is 0 Å². The van der Waals surface area contributed by atoms with Gasteiger partial charge >= 0.3 is 0 Å². The third-order valence-electron chi connectivity index (χ3n) is 8.07. The highest BCUT2D eigenvalue weighted by molar-refractivity contribution is 5.98. The summed E-state index contributed by atoms with van der Waals surface area (Å²) in [4.78, 5) is 46.6. The maximum absolute atomic E-state index is 14.1. The standard InChI is InChI=1S/C34H40N6O4/c1-33(2,35)31(42)37-28(22-44-21-24-11-5-4-6-12-24)30(41)38-29-20-40(23-36-29)34(3,32(43)39-17-9-10-18-39)27-16-15-25-13-7-8-14-26(25)19-27/h4-8,11-16,19-20,23,28H,9-10,17-18,21-22,35H2,1-3H3,(H,37,42)(H,38,41). The summed E-state index contributed by atoms with van der Waals surface area (Å²) in [6.07, 6.45) is 5.13. The molecule has 1 aromatic heterocycles. The number of nitrogens with zero attached hydrogens (tertiary/aromatic N) is 3. The number of hydrogen-bond acceptors (Lipinski definition) is 6. The lowest BCUT2D eigenvalue weighted by Crippen LogP contribution is -2.56. The van der Waals surface area contributed by atoms with E-state index >= 15 is 0 Å². The first-order valence-electron chi connectivity index (χ1n) is 14.9. The summed E-state index contributed by atoms with van der Waals surface area (Å²) < 4.78 is 7.55. The second kappa shape index (κ2) is 13.0. The van der Waals surface area contributed by atoms with Gasteiger partial charge in [0, 0.05) is 19.3 Å². The number of hydrogen-bond donors (Lipinski definition) is 3. The van der Waals surface area contributed by atoms with Crippen LogP contribution >= 0.6 is 0 Å². The monoisotopic (exact) mass is 596 g/mol. The molecule has 1 fully saturated rings. The fraction of sp³-hybridized carbons (Fsp3) is 0.353. The zero-order valence-corrected chi connectivity index (χ0v) is 25.5. The molecule has 1 aliphatic heterocycles. The van der Waals surface area contributed by atoms with Gasteiger partial charge in [-0.3, -0.25) is 14.4 Å². The number of amides is 3. The van der Waals surface area contributed by atoms with Crippen molar-refractivity contribution in [2.75, 3.05) is 25.0 Å². The van der Waals surface area contributed by atoms with Crippen molar-refractivity contribution >= 4 is 34.3 Å². The van der Waals surface area contributed by atoms with Gasteiger partial charge in [0.15, 0.2) is 5.82 Å². The molecule has 0 saturated carbocycles. The van der Waals surface area contributed by atoms with Gasteiger partial charge in [0.05, 0.1) is 25.1 Å². The van der Waals surface area contributed by atoms with Crippen molar-refractivity contribution in [3.8, 4) is 0 Å². The molecule has 2 unspecified atom stereocenters. The highest BCUT2D eigenvalue weighted by Crippen LogP contribution is 2.33. The van der Waals surface area contributed by atoms with Crippen molar-refractivity contribution < 1.29 is 19.1 Å². The third kappa shape index (κ3) is 6.82. The fourth-order valence-corrected chi connectivity index (χ4v) is 5.34. The van der Waals surface area contributed by atoms with Gasteiger partial charge in [0.2, 0.25) is 5.91 Å². The van der Waals surface area contributed by atoms with Crippen molar-refractivity contribution in [1.82, 2.24) is 19.8 Å². The molecular formula is C34H40N6O4. The number of rotatable bonds is 11. The van der Waals surface area contributed by atoms with Crippen LogP contribution in [0.3, 0.4) is 0 Å². The highest BCUT2D eigenvalue weighted by Gasteiger charge is 2.41. The molecular weight excluding hydrogens is 556 g/mol. The van der Waals surface area contributed by atoms with E-state index in [4.69, 9.17) is 10.5 Å². The second-order valence-electron chi connectivity index (χ2n) is 12.0. The van der Waals surface area contributed by atoms with Crippen LogP contribution in [0.2, 0.25) is 0 Å². The Hall–Kier alpha value is -4.54. The highest BCUT2D eigenvalue weighted by atomic mass is 16.5. The smallest absolute Gasteiger partial charge is 0.253 e. The molecule has 10 nitrogen and oxygen atoms in total. The predicted molar refractivity (Wildman–Crippen MR) is 170 cm³/mol. The number of anilines is 1. The largest absolute Gasteiger partial charge is 0.374 e. The summed E-state index contributed by atoms with van der Waals surface area (Å²) in [7, 11) is 0. The Kier molecular flexibility index (Phi) is 9.12. The van der Waals surface area contributed by atoms with Gasteiger partial charge in [-0.15, -0.1) is 0 Å². The number of nitrogens with two attached hydrogens (primary N) is 1. The Morgan fingerprint density at radius 2 is 1.64 bits per heavy atom. The molecule has 3 aromatic carbocycles. The number of carbonyl (C=O) groups is 3. The average Bonchev–Trinajstić information content (AvgIpc) is 3.73. The molecule has 1 saturated heterocycles. The molecule has 0 spiro atoms. The van der Waals surface area contributed by atoms with Crippen molar-refractivity contribution in [3.05, 3.63) is 96.4 Å². The van der Waals surface area contributed by atoms with E-state index in [2.05, 4.69) is 15.6 Å². The lowest BCUT2D eigenvalue weighted by atomic mass is 9.88. The molecule has 1 aliphatic rings. The summed E-state index contributed by atoms with van der Waals surface area (Å²) in [5, 5.41) is 7.60. The number of nitrogens with one attached hydrogen (secondary N) is 2. The van der Waals surface area contributed by atoms with Crippen LogP contribution in [0.1, 0.15) is 44.7 Å². The second-order valence-corrected chi connectivity index (χ2v) is 12.0. The molecule has 2 atom stereocenters. The molecule has 0 aliphatic carbocycles. The van der Waals surface area contributed by atoms with Crippen molar-refractivity contribution in [1.29, 1.82) is 0 Å². The maximum atomic E-state index is 14.1. The van der Waals surface area contributed by atoms with Crippen LogP contribution in [0.25, 0.3) is 10.8 Å².